The van der Waals surface area contributed by atoms with E-state index in [-0.39, 0.29) is 31.1 Å². The quantitative estimate of drug-likeness (QED) is 0.0262. The predicted molar refractivity (Wildman–Crippen MR) is 270 cm³/mol. The van der Waals surface area contributed by atoms with Gasteiger partial charge in [0.2, 0.25) is 0 Å². The zero-order valence-electron chi connectivity index (χ0n) is 41.8. The summed E-state index contributed by atoms with van der Waals surface area (Å²) < 4.78 is 16.8. The number of rotatable bonds is 49. The van der Waals surface area contributed by atoms with Gasteiger partial charge in [0, 0.05) is 19.3 Å². The molecule has 0 spiro atoms. The number of ether oxygens (including phenoxy) is 3. The average molecular weight is 883 g/mol. The number of carbonyl (C=O) groups excluding carboxylic acids is 3. The number of carbonyl (C=O) groups is 3. The van der Waals surface area contributed by atoms with Gasteiger partial charge in [-0.3, -0.25) is 14.4 Å². The molecule has 0 heterocycles. The fourth-order valence-corrected chi connectivity index (χ4v) is 7.75. The topological polar surface area (TPSA) is 78.9 Å². The van der Waals surface area contributed by atoms with Crippen LogP contribution in [0.3, 0.4) is 0 Å². The molecule has 366 valence electrons. The largest absolute Gasteiger partial charge is 0.462 e. The van der Waals surface area contributed by atoms with Crippen molar-refractivity contribution in [2.45, 2.75) is 284 Å². The molecule has 0 aromatic carbocycles. The van der Waals surface area contributed by atoms with E-state index in [4.69, 9.17) is 14.2 Å². The molecular formula is C57H102O6. The van der Waals surface area contributed by atoms with Crippen LogP contribution in [0.25, 0.3) is 0 Å². The molecule has 0 aliphatic heterocycles. The SMILES string of the molecule is CC/C=C\C/C=C\C/C=C\CCCCCCCCC(=O)OCC(COC(=O)CCCCCCCCCCCCCCC)OC(=O)CCCCCCC/C=C\CCCCCCCCC. The zero-order chi connectivity index (χ0) is 45.8. The van der Waals surface area contributed by atoms with E-state index in [1.165, 1.54) is 148 Å². The summed E-state index contributed by atoms with van der Waals surface area (Å²) in [6.45, 7) is 6.53. The van der Waals surface area contributed by atoms with Crippen molar-refractivity contribution in [1.82, 2.24) is 0 Å². The highest BCUT2D eigenvalue weighted by Gasteiger charge is 2.19. The third-order valence-electron chi connectivity index (χ3n) is 11.8. The molecule has 0 bridgehead atoms. The van der Waals surface area contributed by atoms with Crippen LogP contribution >= 0.6 is 0 Å². The second-order valence-corrected chi connectivity index (χ2v) is 18.1. The van der Waals surface area contributed by atoms with Crippen LogP contribution in [-0.2, 0) is 28.6 Å². The second kappa shape index (κ2) is 52.0. The van der Waals surface area contributed by atoms with Crippen molar-refractivity contribution in [2.24, 2.45) is 0 Å². The number of esters is 3. The third-order valence-corrected chi connectivity index (χ3v) is 11.8. The van der Waals surface area contributed by atoms with E-state index in [2.05, 4.69) is 69.4 Å². The molecule has 0 aliphatic carbocycles. The summed E-state index contributed by atoms with van der Waals surface area (Å²) in [7, 11) is 0. The van der Waals surface area contributed by atoms with Crippen molar-refractivity contribution >= 4 is 17.9 Å². The molecule has 0 fully saturated rings. The Kier molecular flexibility index (Phi) is 49.8. The lowest BCUT2D eigenvalue weighted by Crippen LogP contribution is -2.30. The Balaban J connectivity index is 4.39. The van der Waals surface area contributed by atoms with Crippen LogP contribution in [0.4, 0.5) is 0 Å². The second-order valence-electron chi connectivity index (χ2n) is 18.1. The highest BCUT2D eigenvalue weighted by atomic mass is 16.6. The summed E-state index contributed by atoms with van der Waals surface area (Å²) in [6.07, 6.45) is 62.3. The van der Waals surface area contributed by atoms with Gasteiger partial charge in [-0.1, -0.05) is 230 Å². The maximum Gasteiger partial charge on any atom is 0.306 e. The summed E-state index contributed by atoms with van der Waals surface area (Å²) >= 11 is 0. The number of hydrogen-bond donors (Lipinski definition) is 0. The number of allylic oxidation sites excluding steroid dienone is 8. The van der Waals surface area contributed by atoms with Gasteiger partial charge in [0.25, 0.3) is 0 Å². The number of hydrogen-bond acceptors (Lipinski definition) is 6. The lowest BCUT2D eigenvalue weighted by molar-refractivity contribution is -0.167. The monoisotopic (exact) mass is 883 g/mol. The molecule has 0 amide bonds. The molecule has 0 saturated carbocycles. The van der Waals surface area contributed by atoms with Crippen molar-refractivity contribution in [2.75, 3.05) is 13.2 Å². The Morgan fingerprint density at radius 3 is 0.984 bits per heavy atom. The lowest BCUT2D eigenvalue weighted by atomic mass is 10.0. The average Bonchev–Trinajstić information content (AvgIpc) is 3.28. The van der Waals surface area contributed by atoms with Crippen LogP contribution in [0, 0.1) is 0 Å². The summed E-state index contributed by atoms with van der Waals surface area (Å²) in [5.74, 6) is -0.889. The molecule has 0 saturated heterocycles. The van der Waals surface area contributed by atoms with Gasteiger partial charge < -0.3 is 14.2 Å². The third kappa shape index (κ3) is 50.2. The van der Waals surface area contributed by atoms with Gasteiger partial charge in [-0.05, 0) is 77.0 Å². The molecule has 6 nitrogen and oxygen atoms in total. The van der Waals surface area contributed by atoms with E-state index >= 15 is 0 Å². The van der Waals surface area contributed by atoms with Crippen LogP contribution in [0.1, 0.15) is 278 Å². The molecular weight excluding hydrogens is 781 g/mol. The normalized spacial score (nSPS) is 12.4. The van der Waals surface area contributed by atoms with Crippen molar-refractivity contribution in [3.8, 4) is 0 Å². The van der Waals surface area contributed by atoms with Gasteiger partial charge in [0.1, 0.15) is 13.2 Å². The highest BCUT2D eigenvalue weighted by molar-refractivity contribution is 5.71. The smallest absolute Gasteiger partial charge is 0.306 e. The Labute approximate surface area is 390 Å². The summed E-state index contributed by atoms with van der Waals surface area (Å²) in [5, 5.41) is 0. The first-order valence-electron chi connectivity index (χ1n) is 27.1. The Bertz CT molecular complexity index is 1110. The van der Waals surface area contributed by atoms with Gasteiger partial charge in [-0.25, -0.2) is 0 Å². The Morgan fingerprint density at radius 1 is 0.333 bits per heavy atom. The van der Waals surface area contributed by atoms with E-state index in [1.54, 1.807) is 0 Å². The van der Waals surface area contributed by atoms with E-state index in [9.17, 15) is 14.4 Å². The summed E-state index contributed by atoms with van der Waals surface area (Å²) in [5.41, 5.74) is 0. The lowest BCUT2D eigenvalue weighted by Gasteiger charge is -2.18. The summed E-state index contributed by atoms with van der Waals surface area (Å²) in [6, 6.07) is 0. The molecule has 6 heteroatoms. The maximum atomic E-state index is 12.8. The van der Waals surface area contributed by atoms with Gasteiger partial charge in [-0.2, -0.15) is 0 Å². The van der Waals surface area contributed by atoms with Crippen LogP contribution in [0.15, 0.2) is 48.6 Å². The van der Waals surface area contributed by atoms with Crippen LogP contribution in [-0.4, -0.2) is 37.2 Å². The maximum absolute atomic E-state index is 12.8. The van der Waals surface area contributed by atoms with E-state index in [1.807, 2.05) is 0 Å². The van der Waals surface area contributed by atoms with Crippen molar-refractivity contribution in [1.29, 1.82) is 0 Å². The van der Waals surface area contributed by atoms with E-state index in [0.29, 0.717) is 19.3 Å². The first kappa shape index (κ1) is 60.4. The fourth-order valence-electron chi connectivity index (χ4n) is 7.75. The molecule has 0 N–H and O–H groups in total. The Morgan fingerprint density at radius 2 is 0.619 bits per heavy atom. The standard InChI is InChI=1S/C57H102O6/c1-4-7-10-13-16-19-22-25-27-29-32-35-38-41-44-47-50-56(59)62-53-54(52-61-55(58)49-46-43-40-37-34-31-24-21-18-15-12-9-6-3)63-57(60)51-48-45-42-39-36-33-30-28-26-23-20-17-14-11-8-5-2/h7,10,16,19,25,27-28,30,54H,4-6,8-9,11-15,17-18,20-24,26,29,31-53H2,1-3H3/b10-7-,19-16-,27-25-,30-28-. The van der Waals surface area contributed by atoms with Crippen molar-refractivity contribution in [3.05, 3.63) is 48.6 Å². The minimum atomic E-state index is -0.780. The molecule has 63 heavy (non-hydrogen) atoms. The van der Waals surface area contributed by atoms with Gasteiger partial charge in [0.05, 0.1) is 0 Å². The first-order chi connectivity index (χ1) is 31.0. The molecule has 0 aromatic rings. The van der Waals surface area contributed by atoms with Crippen molar-refractivity contribution in [3.63, 3.8) is 0 Å². The minimum Gasteiger partial charge on any atom is -0.462 e. The van der Waals surface area contributed by atoms with Crippen LogP contribution in [0.2, 0.25) is 0 Å². The number of unbranched alkanes of at least 4 members (excludes halogenated alkanes) is 30. The van der Waals surface area contributed by atoms with Crippen molar-refractivity contribution < 1.29 is 28.6 Å². The van der Waals surface area contributed by atoms with Gasteiger partial charge >= 0.3 is 17.9 Å². The molecule has 0 radical (unpaired) electrons. The minimum absolute atomic E-state index is 0.0781. The zero-order valence-corrected chi connectivity index (χ0v) is 41.8. The molecule has 1 atom stereocenters. The summed E-state index contributed by atoms with van der Waals surface area (Å²) in [4.78, 5) is 38.0. The van der Waals surface area contributed by atoms with Crippen LogP contribution < -0.4 is 0 Å². The highest BCUT2D eigenvalue weighted by Crippen LogP contribution is 2.15. The molecule has 0 rings (SSSR count). The molecule has 1 unspecified atom stereocenters. The molecule has 0 aromatic heterocycles. The van der Waals surface area contributed by atoms with E-state index in [0.717, 1.165) is 89.9 Å². The van der Waals surface area contributed by atoms with Crippen LogP contribution in [0.5, 0.6) is 0 Å². The fraction of sp³-hybridized carbons (Fsp3) is 0.807. The predicted octanol–water partition coefficient (Wildman–Crippen LogP) is 17.9. The Hall–Kier alpha value is -2.63. The van der Waals surface area contributed by atoms with Gasteiger partial charge in [-0.15, -0.1) is 0 Å². The first-order valence-corrected chi connectivity index (χ1v) is 27.1. The molecule has 0 aliphatic rings. The van der Waals surface area contributed by atoms with E-state index < -0.39 is 6.10 Å². The van der Waals surface area contributed by atoms with Gasteiger partial charge in [0.15, 0.2) is 6.10 Å².